The van der Waals surface area contributed by atoms with Crippen LogP contribution in [-0.2, 0) is 14.3 Å². The summed E-state index contributed by atoms with van der Waals surface area (Å²) < 4.78 is 6.33. The summed E-state index contributed by atoms with van der Waals surface area (Å²) in [6, 6.07) is 7.11. The van der Waals surface area contributed by atoms with Crippen molar-refractivity contribution < 1.29 is 14.3 Å². The summed E-state index contributed by atoms with van der Waals surface area (Å²) in [4.78, 5) is 31.1. The molecule has 1 atom stereocenters. The third-order valence-electron chi connectivity index (χ3n) is 3.73. The minimum absolute atomic E-state index is 0.0472. The lowest BCUT2D eigenvalue weighted by molar-refractivity contribution is -0.143. The van der Waals surface area contributed by atoms with Gasteiger partial charge in [0.1, 0.15) is 0 Å². The van der Waals surface area contributed by atoms with Crippen molar-refractivity contribution in [3.8, 4) is 0 Å². The number of halogens is 1. The highest BCUT2D eigenvalue weighted by Crippen LogP contribution is 2.41. The van der Waals surface area contributed by atoms with Gasteiger partial charge in [-0.1, -0.05) is 39.8 Å². The second-order valence-corrected chi connectivity index (χ2v) is 7.71. The monoisotopic (exact) mass is 408 g/mol. The maximum absolute atomic E-state index is 12.7. The summed E-state index contributed by atoms with van der Waals surface area (Å²) in [6.45, 7) is 5.39. The largest absolute Gasteiger partial charge is 0.459 e. The van der Waals surface area contributed by atoms with Crippen LogP contribution in [0.15, 0.2) is 45.0 Å². The predicted molar refractivity (Wildman–Crippen MR) is 97.6 cm³/mol. The number of allylic oxidation sites excluding steroid dienone is 1. The third-order valence-corrected chi connectivity index (χ3v) is 5.20. The van der Waals surface area contributed by atoms with Gasteiger partial charge < -0.3 is 4.74 Å². The number of fused-ring (bicyclic) bond motifs is 1. The second-order valence-electron chi connectivity index (χ2n) is 5.85. The maximum Gasteiger partial charge on any atom is 0.338 e. The van der Waals surface area contributed by atoms with Crippen molar-refractivity contribution in [2.75, 3.05) is 5.75 Å². The number of thioether (sulfide) groups is 1. The molecule has 0 N–H and O–H groups in total. The highest BCUT2D eigenvalue weighted by Gasteiger charge is 2.43. The van der Waals surface area contributed by atoms with Crippen LogP contribution < -0.4 is 0 Å². The lowest BCUT2D eigenvalue weighted by Gasteiger charge is -2.33. The average Bonchev–Trinajstić information content (AvgIpc) is 2.87. The van der Waals surface area contributed by atoms with E-state index in [1.54, 1.807) is 25.7 Å². The number of amides is 1. The van der Waals surface area contributed by atoms with Gasteiger partial charge in [-0.3, -0.25) is 9.69 Å². The van der Waals surface area contributed by atoms with E-state index in [1.165, 1.54) is 11.8 Å². The van der Waals surface area contributed by atoms with Crippen LogP contribution in [0.3, 0.4) is 0 Å². The van der Waals surface area contributed by atoms with Gasteiger partial charge in [0, 0.05) is 4.47 Å². The SMILES string of the molecule is CC1=C(C(=O)OC(C)C)C(c2ccc(Br)cc2)N2C(=O)CSC2=N1. The van der Waals surface area contributed by atoms with Crippen molar-refractivity contribution in [3.63, 3.8) is 0 Å². The number of aliphatic imine (C=N–C) groups is 1. The Kier molecular flexibility index (Phi) is 4.83. The van der Waals surface area contributed by atoms with Gasteiger partial charge in [0.05, 0.1) is 29.2 Å². The number of ether oxygens (including phenoxy) is 1. The molecule has 24 heavy (non-hydrogen) atoms. The van der Waals surface area contributed by atoms with E-state index in [0.29, 0.717) is 22.2 Å². The van der Waals surface area contributed by atoms with Crippen molar-refractivity contribution in [1.82, 2.24) is 4.90 Å². The molecule has 126 valence electrons. The number of nitrogens with zero attached hydrogens (tertiary/aromatic N) is 2. The summed E-state index contributed by atoms with van der Waals surface area (Å²) in [5, 5.41) is 0.645. The fraction of sp³-hybridized carbons (Fsp3) is 0.353. The smallest absolute Gasteiger partial charge is 0.338 e. The highest BCUT2D eigenvalue weighted by atomic mass is 79.9. The summed E-state index contributed by atoms with van der Waals surface area (Å²) >= 11 is 4.81. The number of benzene rings is 1. The van der Waals surface area contributed by atoms with E-state index in [1.807, 2.05) is 24.3 Å². The number of amidine groups is 1. The average molecular weight is 409 g/mol. The quantitative estimate of drug-likeness (QED) is 0.715. The van der Waals surface area contributed by atoms with Gasteiger partial charge >= 0.3 is 5.97 Å². The summed E-state index contributed by atoms with van der Waals surface area (Å²) in [7, 11) is 0. The molecule has 0 spiro atoms. The molecule has 1 fully saturated rings. The molecule has 0 bridgehead atoms. The van der Waals surface area contributed by atoms with Crippen LogP contribution in [0.1, 0.15) is 32.4 Å². The molecule has 2 heterocycles. The van der Waals surface area contributed by atoms with E-state index < -0.39 is 12.0 Å². The van der Waals surface area contributed by atoms with E-state index >= 15 is 0 Å². The first-order chi connectivity index (χ1) is 11.4. The number of rotatable bonds is 3. The van der Waals surface area contributed by atoms with Crippen LogP contribution >= 0.6 is 27.7 Å². The highest BCUT2D eigenvalue weighted by molar-refractivity contribution is 9.10. The van der Waals surface area contributed by atoms with Gasteiger partial charge in [-0.05, 0) is 38.5 Å². The number of carbonyl (C=O) groups excluding carboxylic acids is 2. The van der Waals surface area contributed by atoms with Gasteiger partial charge in [0.2, 0.25) is 5.91 Å². The van der Waals surface area contributed by atoms with Crippen LogP contribution in [0.2, 0.25) is 0 Å². The lowest BCUT2D eigenvalue weighted by atomic mass is 9.94. The first-order valence-corrected chi connectivity index (χ1v) is 9.37. The molecule has 7 heteroatoms. The molecule has 2 aliphatic rings. The molecule has 1 unspecified atom stereocenters. The molecular weight excluding hydrogens is 392 g/mol. The minimum Gasteiger partial charge on any atom is -0.459 e. The first-order valence-electron chi connectivity index (χ1n) is 7.59. The second kappa shape index (κ2) is 6.72. The molecule has 1 aromatic rings. The van der Waals surface area contributed by atoms with Gasteiger partial charge in [-0.25, -0.2) is 9.79 Å². The lowest BCUT2D eigenvalue weighted by Crippen LogP contribution is -2.40. The standard InChI is InChI=1S/C17H17BrN2O3S/c1-9(2)23-16(22)14-10(3)19-17-20(13(21)8-24-17)15(14)11-4-6-12(18)7-5-11/h4-7,9,15H,8H2,1-3H3. The summed E-state index contributed by atoms with van der Waals surface area (Å²) in [6.07, 6.45) is -0.239. The fourth-order valence-corrected chi connectivity index (χ4v) is 3.94. The van der Waals surface area contributed by atoms with E-state index in [2.05, 4.69) is 20.9 Å². The molecule has 2 aliphatic heterocycles. The van der Waals surface area contributed by atoms with E-state index in [0.717, 1.165) is 10.0 Å². The van der Waals surface area contributed by atoms with E-state index in [-0.39, 0.29) is 12.0 Å². The van der Waals surface area contributed by atoms with Crippen LogP contribution in [-0.4, -0.2) is 33.8 Å². The topological polar surface area (TPSA) is 59.0 Å². The summed E-state index contributed by atoms with van der Waals surface area (Å²) in [5.74, 6) is -0.136. The van der Waals surface area contributed by atoms with Crippen molar-refractivity contribution in [2.45, 2.75) is 32.9 Å². The van der Waals surface area contributed by atoms with Gasteiger partial charge in [0.25, 0.3) is 0 Å². The van der Waals surface area contributed by atoms with Gasteiger partial charge in [-0.2, -0.15) is 0 Å². The Morgan fingerprint density at radius 3 is 2.67 bits per heavy atom. The maximum atomic E-state index is 12.7. The molecular formula is C17H17BrN2O3S. The minimum atomic E-state index is -0.501. The molecule has 0 aliphatic carbocycles. The fourth-order valence-electron chi connectivity index (χ4n) is 2.74. The molecule has 1 aromatic carbocycles. The van der Waals surface area contributed by atoms with E-state index in [9.17, 15) is 9.59 Å². The third kappa shape index (κ3) is 3.15. The van der Waals surface area contributed by atoms with Crippen LogP contribution in [0.5, 0.6) is 0 Å². The molecule has 0 radical (unpaired) electrons. The van der Waals surface area contributed by atoms with Crippen molar-refractivity contribution >= 4 is 44.7 Å². The Morgan fingerprint density at radius 1 is 1.38 bits per heavy atom. The van der Waals surface area contributed by atoms with Gasteiger partial charge in [0.15, 0.2) is 5.17 Å². The van der Waals surface area contributed by atoms with Crippen molar-refractivity contribution in [2.24, 2.45) is 4.99 Å². The Morgan fingerprint density at radius 2 is 2.04 bits per heavy atom. The first kappa shape index (κ1) is 17.2. The van der Waals surface area contributed by atoms with Crippen molar-refractivity contribution in [3.05, 3.63) is 45.6 Å². The predicted octanol–water partition coefficient (Wildman–Crippen LogP) is 3.66. The zero-order valence-corrected chi connectivity index (χ0v) is 16.0. The van der Waals surface area contributed by atoms with Crippen LogP contribution in [0, 0.1) is 0 Å². The Hall–Kier alpha value is -1.60. The molecule has 3 rings (SSSR count). The molecule has 1 amide bonds. The normalized spacial score (nSPS) is 20.4. The zero-order valence-electron chi connectivity index (χ0n) is 13.6. The number of carbonyl (C=O) groups is 2. The zero-order chi connectivity index (χ0) is 17.4. The van der Waals surface area contributed by atoms with Crippen LogP contribution in [0.4, 0.5) is 0 Å². The van der Waals surface area contributed by atoms with Gasteiger partial charge in [-0.15, -0.1) is 0 Å². The van der Waals surface area contributed by atoms with E-state index in [4.69, 9.17) is 4.74 Å². The number of hydrogen-bond acceptors (Lipinski definition) is 5. The number of hydrogen-bond donors (Lipinski definition) is 0. The molecule has 0 saturated carbocycles. The van der Waals surface area contributed by atoms with Crippen LogP contribution in [0.25, 0.3) is 0 Å². The molecule has 1 saturated heterocycles. The van der Waals surface area contributed by atoms with Crippen molar-refractivity contribution in [1.29, 1.82) is 0 Å². The Labute approximate surface area is 153 Å². The molecule has 5 nitrogen and oxygen atoms in total. The number of esters is 1. The summed E-state index contributed by atoms with van der Waals surface area (Å²) in [5.41, 5.74) is 1.88. The Balaban J connectivity index is 2.11. The Bertz CT molecular complexity index is 756. The molecule has 0 aromatic heterocycles.